The second-order valence-electron chi connectivity index (χ2n) is 6.61. The molecule has 0 aliphatic heterocycles. The molecule has 3 rings (SSSR count). The Bertz CT molecular complexity index is 926. The van der Waals surface area contributed by atoms with E-state index in [1.54, 1.807) is 18.2 Å². The van der Waals surface area contributed by atoms with Crippen molar-refractivity contribution in [2.45, 2.75) is 0 Å². The van der Waals surface area contributed by atoms with E-state index < -0.39 is 0 Å². The highest BCUT2D eigenvalue weighted by Crippen LogP contribution is 2.38. The molecule has 0 aliphatic rings. The molecule has 0 saturated carbocycles. The van der Waals surface area contributed by atoms with Gasteiger partial charge in [0.2, 0.25) is 0 Å². The van der Waals surface area contributed by atoms with Gasteiger partial charge in [0.15, 0.2) is 0 Å². The van der Waals surface area contributed by atoms with Gasteiger partial charge in [-0.15, -0.1) is 10.2 Å². The van der Waals surface area contributed by atoms with Gasteiger partial charge in [-0.1, -0.05) is 18.2 Å². The lowest BCUT2D eigenvalue weighted by Crippen LogP contribution is -2.34. The molecule has 0 fully saturated rings. The molecule has 5 nitrogen and oxygen atoms in total. The number of phenolic OH excluding ortho intramolecular Hbond substituents is 1. The number of azo groups is 1. The zero-order valence-electron chi connectivity index (χ0n) is 14.1. The average molecular weight is 321 g/mol. The minimum Gasteiger partial charge on any atom is -0.506 e. The van der Waals surface area contributed by atoms with Gasteiger partial charge < -0.3 is 10.8 Å². The highest BCUT2D eigenvalue weighted by atomic mass is 16.3. The van der Waals surface area contributed by atoms with Crippen LogP contribution in [0.4, 0.5) is 22.7 Å². The maximum absolute atomic E-state index is 10.3. The number of aromatic hydroxyl groups is 1. The van der Waals surface area contributed by atoms with Gasteiger partial charge in [0.1, 0.15) is 22.8 Å². The van der Waals surface area contributed by atoms with E-state index in [4.69, 9.17) is 5.73 Å². The van der Waals surface area contributed by atoms with Gasteiger partial charge >= 0.3 is 0 Å². The van der Waals surface area contributed by atoms with E-state index in [1.807, 2.05) is 30.3 Å². The third-order valence-corrected chi connectivity index (χ3v) is 3.92. The summed E-state index contributed by atoms with van der Waals surface area (Å²) in [6, 6.07) is 16.9. The van der Waals surface area contributed by atoms with Crippen molar-refractivity contribution in [3.63, 3.8) is 0 Å². The minimum atomic E-state index is 0.0966. The van der Waals surface area contributed by atoms with Crippen molar-refractivity contribution in [2.75, 3.05) is 26.9 Å². The van der Waals surface area contributed by atoms with Gasteiger partial charge in [-0.3, -0.25) is 4.48 Å². The van der Waals surface area contributed by atoms with Crippen LogP contribution in [0, 0.1) is 0 Å². The Morgan fingerprint density at radius 2 is 1.62 bits per heavy atom. The number of quaternary nitrogens is 1. The van der Waals surface area contributed by atoms with Crippen LogP contribution in [-0.4, -0.2) is 26.2 Å². The van der Waals surface area contributed by atoms with Crippen molar-refractivity contribution >= 4 is 33.5 Å². The molecule has 3 N–H and O–H groups in total. The van der Waals surface area contributed by atoms with E-state index in [0.717, 1.165) is 16.5 Å². The van der Waals surface area contributed by atoms with Gasteiger partial charge in [-0.25, -0.2) is 0 Å². The number of hydrogen-bond donors (Lipinski definition) is 2. The standard InChI is InChI=1S/C19H20N4O/c1-23(2,3)14-10-8-13-9-11-18(24)19(15(13)12-14)22-21-17-7-5-4-6-16(17)20/h4-12H,1-3H3,(H2-,20,21,22,24)/p+1. The fourth-order valence-electron chi connectivity index (χ4n) is 2.49. The van der Waals surface area contributed by atoms with E-state index in [1.165, 1.54) is 0 Å². The number of para-hydroxylation sites is 1. The number of hydrogen-bond acceptors (Lipinski definition) is 4. The SMILES string of the molecule is C[N+](C)(C)c1ccc2ccc(O)c(N=Nc3ccccc3N)c2c1. The Labute approximate surface area is 141 Å². The first-order chi connectivity index (χ1) is 11.4. The number of nitrogens with two attached hydrogens (primary N) is 1. The van der Waals surface area contributed by atoms with Crippen LogP contribution in [0.5, 0.6) is 5.75 Å². The lowest BCUT2D eigenvalue weighted by molar-refractivity contribution is 0.477. The summed E-state index contributed by atoms with van der Waals surface area (Å²) < 4.78 is 0.674. The topological polar surface area (TPSA) is 71.0 Å². The molecule has 0 saturated heterocycles. The summed E-state index contributed by atoms with van der Waals surface area (Å²) in [5, 5.41) is 20.6. The number of anilines is 1. The zero-order chi connectivity index (χ0) is 17.3. The molecule has 0 radical (unpaired) electrons. The van der Waals surface area contributed by atoms with Crippen molar-refractivity contribution in [3.05, 3.63) is 54.6 Å². The fraction of sp³-hybridized carbons (Fsp3) is 0.158. The van der Waals surface area contributed by atoms with Crippen LogP contribution >= 0.6 is 0 Å². The van der Waals surface area contributed by atoms with E-state index in [2.05, 4.69) is 37.4 Å². The summed E-state index contributed by atoms with van der Waals surface area (Å²) in [5.41, 5.74) is 8.59. The smallest absolute Gasteiger partial charge is 0.143 e. The van der Waals surface area contributed by atoms with Crippen molar-refractivity contribution in [3.8, 4) is 5.75 Å². The predicted molar refractivity (Wildman–Crippen MR) is 100 cm³/mol. The number of benzene rings is 3. The Morgan fingerprint density at radius 1 is 0.917 bits per heavy atom. The molecule has 0 aromatic heterocycles. The average Bonchev–Trinajstić information content (AvgIpc) is 2.54. The summed E-state index contributed by atoms with van der Waals surface area (Å²) >= 11 is 0. The Kier molecular flexibility index (Phi) is 3.95. The van der Waals surface area contributed by atoms with Crippen LogP contribution in [0.25, 0.3) is 10.8 Å². The van der Waals surface area contributed by atoms with Crippen LogP contribution in [0.2, 0.25) is 0 Å². The molecule has 0 heterocycles. The lowest BCUT2D eigenvalue weighted by atomic mass is 10.1. The van der Waals surface area contributed by atoms with E-state index in [-0.39, 0.29) is 5.75 Å². The molecule has 0 amide bonds. The van der Waals surface area contributed by atoms with Crippen LogP contribution in [-0.2, 0) is 0 Å². The third-order valence-electron chi connectivity index (χ3n) is 3.92. The van der Waals surface area contributed by atoms with E-state index >= 15 is 0 Å². The largest absolute Gasteiger partial charge is 0.506 e. The van der Waals surface area contributed by atoms with Crippen LogP contribution in [0.3, 0.4) is 0 Å². The van der Waals surface area contributed by atoms with Gasteiger partial charge in [-0.05, 0) is 35.7 Å². The number of rotatable bonds is 3. The summed E-state index contributed by atoms with van der Waals surface area (Å²) in [7, 11) is 6.28. The first kappa shape index (κ1) is 16.0. The predicted octanol–water partition coefficient (Wildman–Crippen LogP) is 4.74. The summed E-state index contributed by atoms with van der Waals surface area (Å²) in [6.45, 7) is 0. The van der Waals surface area contributed by atoms with Gasteiger partial charge in [-0.2, -0.15) is 0 Å². The van der Waals surface area contributed by atoms with Crippen LogP contribution < -0.4 is 10.2 Å². The molecule has 24 heavy (non-hydrogen) atoms. The molecule has 0 spiro atoms. The minimum absolute atomic E-state index is 0.0966. The highest BCUT2D eigenvalue weighted by molar-refractivity contribution is 5.97. The lowest BCUT2D eigenvalue weighted by Gasteiger charge is -2.23. The maximum Gasteiger partial charge on any atom is 0.143 e. The molecule has 0 atom stereocenters. The molecule has 0 unspecified atom stereocenters. The maximum atomic E-state index is 10.3. The molecule has 3 aromatic rings. The van der Waals surface area contributed by atoms with Crippen molar-refractivity contribution in [1.29, 1.82) is 0 Å². The quantitative estimate of drug-likeness (QED) is 0.415. The highest BCUT2D eigenvalue weighted by Gasteiger charge is 2.15. The van der Waals surface area contributed by atoms with Crippen LogP contribution in [0.15, 0.2) is 64.8 Å². The first-order valence-corrected chi connectivity index (χ1v) is 7.70. The molecule has 122 valence electrons. The van der Waals surface area contributed by atoms with E-state index in [9.17, 15) is 5.11 Å². The molecule has 5 heteroatoms. The monoisotopic (exact) mass is 321 g/mol. The second-order valence-corrected chi connectivity index (χ2v) is 6.61. The molecular weight excluding hydrogens is 300 g/mol. The van der Waals surface area contributed by atoms with E-state index in [0.29, 0.717) is 21.5 Å². The molecule has 0 aliphatic carbocycles. The zero-order valence-corrected chi connectivity index (χ0v) is 14.1. The van der Waals surface area contributed by atoms with Crippen molar-refractivity contribution < 1.29 is 5.11 Å². The first-order valence-electron chi connectivity index (χ1n) is 7.70. The number of fused-ring (bicyclic) bond motifs is 1. The molecule has 3 aromatic carbocycles. The van der Waals surface area contributed by atoms with Gasteiger partial charge in [0.05, 0.1) is 26.8 Å². The summed E-state index contributed by atoms with van der Waals surface area (Å²) in [5.74, 6) is 0.0966. The third kappa shape index (κ3) is 3.07. The number of nitrogen functional groups attached to an aromatic ring is 1. The normalized spacial score (nSPS) is 12.1. The molecular formula is C19H21N4O+. The van der Waals surface area contributed by atoms with Gasteiger partial charge in [0.25, 0.3) is 0 Å². The number of phenols is 1. The van der Waals surface area contributed by atoms with Crippen molar-refractivity contribution in [1.82, 2.24) is 4.48 Å². The van der Waals surface area contributed by atoms with Crippen LogP contribution in [0.1, 0.15) is 0 Å². The van der Waals surface area contributed by atoms with Gasteiger partial charge in [0, 0.05) is 11.5 Å². The Balaban J connectivity index is 2.15. The molecule has 0 bridgehead atoms. The Hall–Kier alpha value is -2.92. The fourth-order valence-corrected chi connectivity index (χ4v) is 2.49. The second kappa shape index (κ2) is 5.94. The van der Waals surface area contributed by atoms with Crippen molar-refractivity contribution in [2.24, 2.45) is 10.2 Å². The summed E-state index contributed by atoms with van der Waals surface area (Å²) in [6.07, 6.45) is 0. The Morgan fingerprint density at radius 3 is 2.33 bits per heavy atom. The number of nitrogens with zero attached hydrogens (tertiary/aromatic N) is 3. The summed E-state index contributed by atoms with van der Waals surface area (Å²) in [4.78, 5) is 0.